The minimum Gasteiger partial charge on any atom is -0.423 e. The van der Waals surface area contributed by atoms with Crippen molar-refractivity contribution in [3.05, 3.63) is 24.0 Å². The number of piperazine rings is 1. The van der Waals surface area contributed by atoms with Crippen molar-refractivity contribution < 1.29 is 22.9 Å². The van der Waals surface area contributed by atoms with Crippen molar-refractivity contribution in [2.75, 3.05) is 33.2 Å². The van der Waals surface area contributed by atoms with Crippen LogP contribution >= 0.6 is 0 Å². The van der Waals surface area contributed by atoms with E-state index in [0.29, 0.717) is 13.1 Å². The molecule has 1 aliphatic rings. The molecule has 1 heterocycles. The summed E-state index contributed by atoms with van der Waals surface area (Å²) in [5.74, 6) is -0.895. The molecule has 0 bridgehead atoms. The first-order chi connectivity index (χ1) is 9.32. The van der Waals surface area contributed by atoms with E-state index in [1.54, 1.807) is 0 Å². The van der Waals surface area contributed by atoms with Crippen LogP contribution in [0, 0.1) is 5.82 Å². The summed E-state index contributed by atoms with van der Waals surface area (Å²) in [4.78, 5) is 1.46. The second-order valence-corrected chi connectivity index (χ2v) is 6.68. The normalized spacial score (nSPS) is 18.2. The first-order valence-corrected chi connectivity index (χ1v) is 7.60. The van der Waals surface area contributed by atoms with Crippen LogP contribution in [0.2, 0.25) is 0 Å². The van der Waals surface area contributed by atoms with Crippen molar-refractivity contribution in [1.29, 1.82) is 0 Å². The van der Waals surface area contributed by atoms with E-state index >= 15 is 0 Å². The van der Waals surface area contributed by atoms with Crippen LogP contribution in [0.25, 0.3) is 0 Å². The molecule has 1 fully saturated rings. The summed E-state index contributed by atoms with van der Waals surface area (Å²) in [5.41, 5.74) is -0.0564. The van der Waals surface area contributed by atoms with Gasteiger partial charge in [-0.15, -0.1) is 0 Å². The van der Waals surface area contributed by atoms with Crippen molar-refractivity contribution in [1.82, 2.24) is 9.21 Å². The predicted molar refractivity (Wildman–Crippen MR) is 72.5 cm³/mol. The molecule has 2 rings (SSSR count). The van der Waals surface area contributed by atoms with Crippen molar-refractivity contribution in [3.8, 4) is 0 Å². The maximum absolute atomic E-state index is 13.8. The summed E-state index contributed by atoms with van der Waals surface area (Å²) < 4.78 is 39.8. The topological polar surface area (TPSA) is 81.1 Å². The first kappa shape index (κ1) is 15.4. The number of benzene rings is 1. The molecule has 0 spiro atoms. The van der Waals surface area contributed by atoms with Gasteiger partial charge in [-0.1, -0.05) is 6.07 Å². The van der Waals surface area contributed by atoms with Gasteiger partial charge < -0.3 is 14.9 Å². The summed E-state index contributed by atoms with van der Waals surface area (Å²) in [6.07, 6.45) is 0. The summed E-state index contributed by atoms with van der Waals surface area (Å²) in [5, 5.41) is 18.1. The van der Waals surface area contributed by atoms with Gasteiger partial charge in [0.05, 0.1) is 0 Å². The van der Waals surface area contributed by atoms with E-state index in [1.165, 1.54) is 4.31 Å². The predicted octanol–water partition coefficient (Wildman–Crippen LogP) is -1.56. The Labute approximate surface area is 117 Å². The van der Waals surface area contributed by atoms with Crippen LogP contribution in [0.5, 0.6) is 0 Å². The number of hydrogen-bond donors (Lipinski definition) is 2. The van der Waals surface area contributed by atoms with Crippen molar-refractivity contribution >= 4 is 22.6 Å². The molecule has 0 unspecified atom stereocenters. The zero-order chi connectivity index (χ0) is 14.9. The van der Waals surface area contributed by atoms with Gasteiger partial charge in [0.15, 0.2) is 0 Å². The van der Waals surface area contributed by atoms with Gasteiger partial charge >= 0.3 is 7.12 Å². The fourth-order valence-electron chi connectivity index (χ4n) is 2.05. The van der Waals surface area contributed by atoms with Gasteiger partial charge in [0.25, 0.3) is 0 Å². The highest BCUT2D eigenvalue weighted by Gasteiger charge is 2.30. The van der Waals surface area contributed by atoms with Gasteiger partial charge in [0.1, 0.15) is 10.7 Å². The Balaban J connectivity index is 2.36. The van der Waals surface area contributed by atoms with E-state index in [9.17, 15) is 12.8 Å². The molecule has 0 saturated carbocycles. The summed E-state index contributed by atoms with van der Waals surface area (Å²) in [7, 11) is -3.92. The zero-order valence-corrected chi connectivity index (χ0v) is 11.8. The highest BCUT2D eigenvalue weighted by Crippen LogP contribution is 2.19. The van der Waals surface area contributed by atoms with E-state index in [1.807, 2.05) is 11.9 Å². The number of sulfonamides is 1. The van der Waals surface area contributed by atoms with E-state index in [2.05, 4.69) is 0 Å². The van der Waals surface area contributed by atoms with Crippen LogP contribution in [-0.2, 0) is 10.0 Å². The maximum Gasteiger partial charge on any atom is 0.488 e. The average Bonchev–Trinajstić information content (AvgIpc) is 2.39. The minimum absolute atomic E-state index is 0.0564. The average molecular weight is 302 g/mol. The van der Waals surface area contributed by atoms with Gasteiger partial charge in [-0.3, -0.25) is 0 Å². The van der Waals surface area contributed by atoms with E-state index < -0.39 is 27.9 Å². The lowest BCUT2D eigenvalue weighted by Crippen LogP contribution is -2.47. The van der Waals surface area contributed by atoms with Crippen LogP contribution in [0.15, 0.2) is 23.1 Å². The lowest BCUT2D eigenvalue weighted by molar-refractivity contribution is 0.222. The van der Waals surface area contributed by atoms with Crippen LogP contribution in [-0.4, -0.2) is 68.0 Å². The smallest absolute Gasteiger partial charge is 0.423 e. The first-order valence-electron chi connectivity index (χ1n) is 6.16. The molecule has 1 aromatic carbocycles. The molecular formula is C11H16BFN2O4S. The van der Waals surface area contributed by atoms with Crippen LogP contribution < -0.4 is 5.46 Å². The Hall–Kier alpha value is -0.995. The third kappa shape index (κ3) is 3.02. The van der Waals surface area contributed by atoms with Crippen LogP contribution in [0.1, 0.15) is 0 Å². The minimum atomic E-state index is -3.96. The quantitative estimate of drug-likeness (QED) is 0.660. The maximum atomic E-state index is 13.8. The molecule has 0 atom stereocenters. The Morgan fingerprint density at radius 1 is 1.20 bits per heavy atom. The highest BCUT2D eigenvalue weighted by molar-refractivity contribution is 7.89. The van der Waals surface area contributed by atoms with Crippen LogP contribution in [0.3, 0.4) is 0 Å². The van der Waals surface area contributed by atoms with Crippen molar-refractivity contribution in [2.45, 2.75) is 4.90 Å². The molecule has 0 radical (unpaired) electrons. The largest absolute Gasteiger partial charge is 0.488 e. The summed E-state index contributed by atoms with van der Waals surface area (Å²) in [6.45, 7) is 1.71. The SMILES string of the molecule is CN1CCN(S(=O)(=O)c2cc(B(O)O)ccc2F)CC1. The Morgan fingerprint density at radius 3 is 2.35 bits per heavy atom. The van der Waals surface area contributed by atoms with Gasteiger partial charge in [-0.2, -0.15) is 4.31 Å². The molecule has 20 heavy (non-hydrogen) atoms. The van der Waals surface area contributed by atoms with E-state index in [0.717, 1.165) is 18.2 Å². The molecule has 1 aliphatic heterocycles. The van der Waals surface area contributed by atoms with Crippen molar-refractivity contribution in [2.24, 2.45) is 0 Å². The lowest BCUT2D eigenvalue weighted by atomic mass is 9.80. The third-order valence-electron chi connectivity index (χ3n) is 3.33. The van der Waals surface area contributed by atoms with Crippen molar-refractivity contribution in [3.63, 3.8) is 0 Å². The second-order valence-electron chi connectivity index (χ2n) is 4.77. The van der Waals surface area contributed by atoms with Gasteiger partial charge in [-0.25, -0.2) is 12.8 Å². The standard InChI is InChI=1S/C11H16BFN2O4S/c1-14-4-6-15(7-5-14)20(18,19)11-8-9(12(16)17)2-3-10(11)13/h2-3,8,16-17H,4-7H2,1H3. The Bertz CT molecular complexity index is 588. The molecule has 9 heteroatoms. The molecule has 0 aromatic heterocycles. The van der Waals surface area contributed by atoms with E-state index in [-0.39, 0.29) is 18.6 Å². The Kier molecular flexibility index (Phi) is 4.45. The molecule has 0 aliphatic carbocycles. The number of likely N-dealkylation sites (N-methyl/N-ethyl adjacent to an activating group) is 1. The molecular weight excluding hydrogens is 286 g/mol. The Morgan fingerprint density at radius 2 is 1.80 bits per heavy atom. The van der Waals surface area contributed by atoms with Gasteiger partial charge in [0, 0.05) is 26.2 Å². The van der Waals surface area contributed by atoms with Gasteiger partial charge in [0.2, 0.25) is 10.0 Å². The summed E-state index contributed by atoms with van der Waals surface area (Å²) in [6, 6.07) is 3.04. The molecule has 0 amide bonds. The summed E-state index contributed by atoms with van der Waals surface area (Å²) >= 11 is 0. The monoisotopic (exact) mass is 302 g/mol. The lowest BCUT2D eigenvalue weighted by Gasteiger charge is -2.31. The molecule has 110 valence electrons. The molecule has 1 aromatic rings. The van der Waals surface area contributed by atoms with E-state index in [4.69, 9.17) is 10.0 Å². The number of rotatable bonds is 3. The zero-order valence-electron chi connectivity index (χ0n) is 11.0. The number of halogens is 1. The molecule has 6 nitrogen and oxygen atoms in total. The molecule has 1 saturated heterocycles. The fraction of sp³-hybridized carbons (Fsp3) is 0.455. The fourth-order valence-corrected chi connectivity index (χ4v) is 3.57. The van der Waals surface area contributed by atoms with Crippen LogP contribution in [0.4, 0.5) is 4.39 Å². The highest BCUT2D eigenvalue weighted by atomic mass is 32.2. The third-order valence-corrected chi connectivity index (χ3v) is 5.25. The number of nitrogens with zero attached hydrogens (tertiary/aromatic N) is 2. The second kappa shape index (κ2) is 5.78. The molecule has 2 N–H and O–H groups in total. The number of hydrogen-bond acceptors (Lipinski definition) is 5. The van der Waals surface area contributed by atoms with Gasteiger partial charge in [-0.05, 0) is 24.6 Å².